The van der Waals surface area contributed by atoms with Gasteiger partial charge in [0, 0.05) is 17.3 Å². The van der Waals surface area contributed by atoms with Gasteiger partial charge in [0.05, 0.1) is 10.1 Å². The molecule has 102 valence electrons. The minimum absolute atomic E-state index is 0.130. The third kappa shape index (κ3) is 2.28. The Morgan fingerprint density at radius 2 is 1.89 bits per heavy atom. The highest BCUT2D eigenvalue weighted by molar-refractivity contribution is 7.92. The first-order valence-corrected chi connectivity index (χ1v) is 7.50. The van der Waals surface area contributed by atoms with Crippen LogP contribution in [0.25, 0.3) is 0 Å². The van der Waals surface area contributed by atoms with Gasteiger partial charge in [0.2, 0.25) is 6.04 Å². The van der Waals surface area contributed by atoms with Crippen molar-refractivity contribution < 1.29 is 13.3 Å². The summed E-state index contributed by atoms with van der Waals surface area (Å²) < 4.78 is 25.1. The van der Waals surface area contributed by atoms with E-state index in [0.717, 1.165) is 0 Å². The average molecular weight is 281 g/mol. The van der Waals surface area contributed by atoms with Crippen LogP contribution >= 0.6 is 0 Å². The van der Waals surface area contributed by atoms with Crippen LogP contribution in [-0.2, 0) is 9.84 Å². The Balaban J connectivity index is 2.42. The zero-order chi connectivity index (χ0) is 14.2. The summed E-state index contributed by atoms with van der Waals surface area (Å²) >= 11 is 0. The molecule has 19 heavy (non-hydrogen) atoms. The van der Waals surface area contributed by atoms with E-state index in [0.29, 0.717) is 5.57 Å². The Morgan fingerprint density at radius 1 is 1.32 bits per heavy atom. The second kappa shape index (κ2) is 4.77. The van der Waals surface area contributed by atoms with Crippen molar-refractivity contribution in [3.8, 4) is 0 Å². The number of hydrogen-bond donors (Lipinski definition) is 0. The van der Waals surface area contributed by atoms with Crippen molar-refractivity contribution in [1.29, 1.82) is 0 Å². The number of benzene rings is 1. The largest absolute Gasteiger partial charge is 0.264 e. The highest BCUT2D eigenvalue weighted by atomic mass is 32.2. The third-order valence-corrected chi connectivity index (χ3v) is 6.00. The van der Waals surface area contributed by atoms with E-state index in [2.05, 4.69) is 6.58 Å². The lowest BCUT2D eigenvalue weighted by Crippen LogP contribution is -2.32. The lowest BCUT2D eigenvalue weighted by Gasteiger charge is -2.17. The van der Waals surface area contributed by atoms with Gasteiger partial charge in [0.15, 0.2) is 9.84 Å². The third-order valence-electron chi connectivity index (χ3n) is 3.63. The predicted molar refractivity (Wildman–Crippen MR) is 71.1 cm³/mol. The Morgan fingerprint density at radius 3 is 2.37 bits per heavy atom. The molecular formula is C13H15NO4S. The number of sulfone groups is 1. The first-order valence-electron chi connectivity index (χ1n) is 5.96. The van der Waals surface area contributed by atoms with Crippen LogP contribution in [0.4, 0.5) is 0 Å². The number of nitrogens with zero attached hydrogens (tertiary/aromatic N) is 1. The molecule has 0 heterocycles. The van der Waals surface area contributed by atoms with Crippen molar-refractivity contribution in [3.63, 3.8) is 0 Å². The first-order chi connectivity index (χ1) is 8.85. The average Bonchev–Trinajstić information content (AvgIpc) is 2.66. The highest BCUT2D eigenvalue weighted by Gasteiger charge is 2.49. The van der Waals surface area contributed by atoms with E-state index in [4.69, 9.17) is 0 Å². The SMILES string of the molecule is C=C1C[C@H]([N+](=O)[O-])[C@H](C)[C@H]1S(=O)(=O)c1ccccc1. The molecule has 0 aromatic heterocycles. The van der Waals surface area contributed by atoms with E-state index in [1.165, 1.54) is 12.1 Å². The number of nitro groups is 1. The molecule has 6 heteroatoms. The van der Waals surface area contributed by atoms with Crippen LogP contribution in [0.2, 0.25) is 0 Å². The van der Waals surface area contributed by atoms with E-state index < -0.39 is 32.0 Å². The van der Waals surface area contributed by atoms with Gasteiger partial charge in [-0.3, -0.25) is 10.1 Å². The van der Waals surface area contributed by atoms with Gasteiger partial charge in [-0.05, 0) is 12.1 Å². The van der Waals surface area contributed by atoms with Gasteiger partial charge in [-0.2, -0.15) is 0 Å². The van der Waals surface area contributed by atoms with Crippen molar-refractivity contribution in [3.05, 3.63) is 52.6 Å². The zero-order valence-electron chi connectivity index (χ0n) is 10.5. The van der Waals surface area contributed by atoms with Crippen LogP contribution in [0.5, 0.6) is 0 Å². The van der Waals surface area contributed by atoms with Gasteiger partial charge >= 0.3 is 0 Å². The molecule has 1 aromatic carbocycles. The van der Waals surface area contributed by atoms with Gasteiger partial charge in [-0.25, -0.2) is 8.42 Å². The van der Waals surface area contributed by atoms with E-state index in [9.17, 15) is 18.5 Å². The number of rotatable bonds is 3. The first kappa shape index (κ1) is 13.7. The van der Waals surface area contributed by atoms with E-state index in [1.54, 1.807) is 25.1 Å². The summed E-state index contributed by atoms with van der Waals surface area (Å²) in [5.41, 5.74) is 0.429. The van der Waals surface area contributed by atoms with E-state index in [-0.39, 0.29) is 11.3 Å². The fraction of sp³-hybridized carbons (Fsp3) is 0.385. The van der Waals surface area contributed by atoms with E-state index in [1.807, 2.05) is 0 Å². The lowest BCUT2D eigenvalue weighted by atomic mass is 10.1. The predicted octanol–water partition coefficient (Wildman–Crippen LogP) is 2.07. The Hall–Kier alpha value is -1.69. The standard InChI is InChI=1S/C13H15NO4S/c1-9-8-12(14(15)16)10(2)13(9)19(17,18)11-6-4-3-5-7-11/h3-7,10,12-13H,1,8H2,2H3/t10-,12-,13-/m0/s1. The summed E-state index contributed by atoms with van der Waals surface area (Å²) in [5.74, 6) is -0.562. The summed E-state index contributed by atoms with van der Waals surface area (Å²) in [4.78, 5) is 10.7. The minimum Gasteiger partial charge on any atom is -0.264 e. The molecule has 0 radical (unpaired) electrons. The van der Waals surface area contributed by atoms with Crippen LogP contribution in [0.3, 0.4) is 0 Å². The van der Waals surface area contributed by atoms with Gasteiger partial charge in [-0.15, -0.1) is 0 Å². The summed E-state index contributed by atoms with van der Waals surface area (Å²) in [6, 6.07) is 7.16. The zero-order valence-corrected chi connectivity index (χ0v) is 11.3. The monoisotopic (exact) mass is 281 g/mol. The molecule has 0 spiro atoms. The molecule has 1 aromatic rings. The molecule has 1 aliphatic carbocycles. The molecule has 1 aliphatic rings. The molecule has 0 aliphatic heterocycles. The van der Waals surface area contributed by atoms with Gasteiger partial charge < -0.3 is 0 Å². The van der Waals surface area contributed by atoms with Crippen molar-refractivity contribution >= 4 is 9.84 Å². The molecule has 1 saturated carbocycles. The molecule has 0 unspecified atom stereocenters. The summed E-state index contributed by atoms with van der Waals surface area (Å²) in [6.07, 6.45) is 0.130. The Labute approximate surface area is 112 Å². The molecular weight excluding hydrogens is 266 g/mol. The Kier molecular flexibility index (Phi) is 3.45. The fourth-order valence-corrected chi connectivity index (χ4v) is 4.78. The summed E-state index contributed by atoms with van der Waals surface area (Å²) in [6.45, 7) is 5.33. The highest BCUT2D eigenvalue weighted by Crippen LogP contribution is 2.38. The maximum atomic E-state index is 12.5. The molecule has 0 bridgehead atoms. The molecule has 1 fully saturated rings. The van der Waals surface area contributed by atoms with Crippen molar-refractivity contribution in [1.82, 2.24) is 0 Å². The van der Waals surface area contributed by atoms with Crippen molar-refractivity contribution in [2.24, 2.45) is 5.92 Å². The molecule has 0 saturated heterocycles. The molecule has 0 N–H and O–H groups in total. The Bertz CT molecular complexity index is 609. The molecule has 3 atom stereocenters. The van der Waals surface area contributed by atoms with Crippen LogP contribution in [0.1, 0.15) is 13.3 Å². The van der Waals surface area contributed by atoms with Gasteiger partial charge in [-0.1, -0.05) is 37.3 Å². The fourth-order valence-electron chi connectivity index (χ4n) is 2.67. The second-order valence-corrected chi connectivity index (χ2v) is 6.92. The van der Waals surface area contributed by atoms with Crippen LogP contribution in [0.15, 0.2) is 47.4 Å². The maximum absolute atomic E-state index is 12.5. The molecule has 0 amide bonds. The van der Waals surface area contributed by atoms with Crippen LogP contribution in [-0.4, -0.2) is 24.6 Å². The number of hydrogen-bond acceptors (Lipinski definition) is 4. The smallest absolute Gasteiger partial charge is 0.220 e. The second-order valence-electron chi connectivity index (χ2n) is 4.85. The van der Waals surface area contributed by atoms with Gasteiger partial charge in [0.1, 0.15) is 0 Å². The van der Waals surface area contributed by atoms with Crippen molar-refractivity contribution in [2.45, 2.75) is 29.5 Å². The molecule has 5 nitrogen and oxygen atoms in total. The quantitative estimate of drug-likeness (QED) is 0.483. The maximum Gasteiger partial charge on any atom is 0.220 e. The normalized spacial score (nSPS) is 27.4. The van der Waals surface area contributed by atoms with Crippen LogP contribution < -0.4 is 0 Å². The van der Waals surface area contributed by atoms with Gasteiger partial charge in [0.25, 0.3) is 0 Å². The lowest BCUT2D eigenvalue weighted by molar-refractivity contribution is -0.527. The summed E-state index contributed by atoms with van der Waals surface area (Å²) in [5, 5.41) is 10.1. The van der Waals surface area contributed by atoms with E-state index >= 15 is 0 Å². The van der Waals surface area contributed by atoms with Crippen LogP contribution in [0, 0.1) is 16.0 Å². The minimum atomic E-state index is -3.61. The topological polar surface area (TPSA) is 77.3 Å². The molecule has 2 rings (SSSR count). The van der Waals surface area contributed by atoms with Crippen molar-refractivity contribution in [2.75, 3.05) is 0 Å². The summed E-state index contributed by atoms with van der Waals surface area (Å²) in [7, 11) is -3.61.